The van der Waals surface area contributed by atoms with Crippen molar-refractivity contribution in [2.45, 2.75) is 57.8 Å². The van der Waals surface area contributed by atoms with Crippen LogP contribution in [0.5, 0.6) is 0 Å². The molecule has 2 atom stereocenters. The fraction of sp³-hybridized carbons (Fsp3) is 0.682. The van der Waals surface area contributed by atoms with E-state index in [0.29, 0.717) is 31.7 Å². The van der Waals surface area contributed by atoms with Crippen molar-refractivity contribution in [3.05, 3.63) is 29.6 Å². The number of fused-ring (bicyclic) bond motifs is 2. The number of piperazine rings is 2. The third-order valence-electron chi connectivity index (χ3n) is 6.13. The third-order valence-corrected chi connectivity index (χ3v) is 6.13. The quantitative estimate of drug-likeness (QED) is 0.840. The lowest BCUT2D eigenvalue weighted by Crippen LogP contribution is -2.52. The maximum atomic E-state index is 14.6. The average Bonchev–Trinajstić information content (AvgIpc) is 2.91. The lowest BCUT2D eigenvalue weighted by atomic mass is 10.1. The molecular formula is C22H33FN4O2. The van der Waals surface area contributed by atoms with E-state index in [-0.39, 0.29) is 11.9 Å². The van der Waals surface area contributed by atoms with Crippen LogP contribution in [0, 0.1) is 5.82 Å². The molecule has 0 spiro atoms. The maximum Gasteiger partial charge on any atom is 0.410 e. The van der Waals surface area contributed by atoms with Gasteiger partial charge in [-0.05, 0) is 51.8 Å². The number of benzene rings is 1. The molecule has 7 heteroatoms. The number of carbonyl (C=O) groups excluding carboxylic acids is 1. The molecule has 0 aliphatic carbocycles. The molecule has 1 aromatic carbocycles. The van der Waals surface area contributed by atoms with E-state index in [9.17, 15) is 9.18 Å². The molecule has 0 saturated carbocycles. The Balaban J connectivity index is 1.37. The van der Waals surface area contributed by atoms with Crippen LogP contribution in [-0.4, -0.2) is 72.8 Å². The Labute approximate surface area is 173 Å². The van der Waals surface area contributed by atoms with Gasteiger partial charge in [0.2, 0.25) is 0 Å². The fourth-order valence-electron chi connectivity index (χ4n) is 4.70. The van der Waals surface area contributed by atoms with Gasteiger partial charge in [0, 0.05) is 69.1 Å². The molecule has 3 heterocycles. The fourth-order valence-corrected chi connectivity index (χ4v) is 4.70. The van der Waals surface area contributed by atoms with Crippen LogP contribution in [0.1, 0.15) is 39.2 Å². The number of ether oxygens (including phenoxy) is 1. The Morgan fingerprint density at radius 3 is 2.41 bits per heavy atom. The van der Waals surface area contributed by atoms with Crippen LogP contribution in [0.25, 0.3) is 0 Å². The molecule has 0 aromatic heterocycles. The highest BCUT2D eigenvalue weighted by molar-refractivity contribution is 5.68. The Bertz CT molecular complexity index is 727. The van der Waals surface area contributed by atoms with E-state index in [1.54, 1.807) is 11.0 Å². The summed E-state index contributed by atoms with van der Waals surface area (Å²) < 4.78 is 20.0. The minimum atomic E-state index is -0.485. The van der Waals surface area contributed by atoms with E-state index in [1.165, 1.54) is 12.8 Å². The molecule has 4 rings (SSSR count). The summed E-state index contributed by atoms with van der Waals surface area (Å²) in [5.74, 6) is -0.147. The molecular weight excluding hydrogens is 371 g/mol. The van der Waals surface area contributed by atoms with Gasteiger partial charge in [-0.25, -0.2) is 9.18 Å². The highest BCUT2D eigenvalue weighted by Crippen LogP contribution is 2.33. The van der Waals surface area contributed by atoms with Crippen molar-refractivity contribution in [3.8, 4) is 0 Å². The van der Waals surface area contributed by atoms with E-state index >= 15 is 0 Å². The number of halogens is 1. The predicted octanol–water partition coefficient (Wildman–Crippen LogP) is 2.82. The number of rotatable bonds is 3. The van der Waals surface area contributed by atoms with Gasteiger partial charge in [-0.2, -0.15) is 0 Å². The summed E-state index contributed by atoms with van der Waals surface area (Å²) in [6.45, 7) is 10.9. The second kappa shape index (κ2) is 8.11. The van der Waals surface area contributed by atoms with Crippen molar-refractivity contribution in [3.63, 3.8) is 0 Å². The standard InChI is InChI=1S/C22H33FN4O2/c1-22(2,3)29-21(28)26-10-8-25(9-11-26)15-16-12-17(6-7-20(16)23)27-18-4-5-19(27)14-24-13-18/h6-7,12,18-19,24H,4-5,8-11,13-15H2,1-3H3. The zero-order valence-electron chi connectivity index (χ0n) is 17.8. The summed E-state index contributed by atoms with van der Waals surface area (Å²) in [7, 11) is 0. The van der Waals surface area contributed by atoms with Gasteiger partial charge < -0.3 is 19.9 Å². The van der Waals surface area contributed by atoms with Crippen LogP contribution < -0.4 is 10.2 Å². The number of nitrogens with one attached hydrogen (secondary N) is 1. The highest BCUT2D eigenvalue weighted by Gasteiger charge is 2.36. The number of anilines is 1. The first-order valence-corrected chi connectivity index (χ1v) is 10.8. The van der Waals surface area contributed by atoms with Crippen molar-refractivity contribution < 1.29 is 13.9 Å². The molecule has 3 aliphatic heterocycles. The van der Waals surface area contributed by atoms with Gasteiger partial charge in [0.15, 0.2) is 0 Å². The van der Waals surface area contributed by atoms with Gasteiger partial charge in [0.05, 0.1) is 0 Å². The molecule has 1 N–H and O–H groups in total. The lowest BCUT2D eigenvalue weighted by Gasteiger charge is -2.38. The van der Waals surface area contributed by atoms with Crippen molar-refractivity contribution in [1.29, 1.82) is 0 Å². The Kier molecular flexibility index (Phi) is 5.71. The molecule has 29 heavy (non-hydrogen) atoms. The van der Waals surface area contributed by atoms with Crippen LogP contribution in [-0.2, 0) is 11.3 Å². The van der Waals surface area contributed by atoms with E-state index in [0.717, 1.165) is 37.4 Å². The van der Waals surface area contributed by atoms with E-state index in [2.05, 4.69) is 15.1 Å². The van der Waals surface area contributed by atoms with Crippen LogP contribution >= 0.6 is 0 Å². The SMILES string of the molecule is CC(C)(C)OC(=O)N1CCN(Cc2cc(N3C4CCC3CNC4)ccc2F)CC1. The second-order valence-corrected chi connectivity index (χ2v) is 9.47. The van der Waals surface area contributed by atoms with E-state index < -0.39 is 5.60 Å². The monoisotopic (exact) mass is 404 g/mol. The molecule has 3 saturated heterocycles. The Hall–Kier alpha value is -1.86. The zero-order chi connectivity index (χ0) is 20.6. The van der Waals surface area contributed by atoms with Gasteiger partial charge >= 0.3 is 6.09 Å². The van der Waals surface area contributed by atoms with Crippen LogP contribution in [0.2, 0.25) is 0 Å². The molecule has 160 valence electrons. The van der Waals surface area contributed by atoms with Crippen molar-refractivity contribution in [2.24, 2.45) is 0 Å². The van der Waals surface area contributed by atoms with Crippen molar-refractivity contribution in [2.75, 3.05) is 44.2 Å². The predicted molar refractivity (Wildman–Crippen MR) is 112 cm³/mol. The smallest absolute Gasteiger partial charge is 0.410 e. The van der Waals surface area contributed by atoms with Crippen molar-refractivity contribution in [1.82, 2.24) is 15.1 Å². The molecule has 1 amide bonds. The zero-order valence-corrected chi connectivity index (χ0v) is 17.8. The summed E-state index contributed by atoms with van der Waals surface area (Å²) in [6.07, 6.45) is 2.15. The largest absolute Gasteiger partial charge is 0.444 e. The third kappa shape index (κ3) is 4.67. The first-order chi connectivity index (χ1) is 13.8. The van der Waals surface area contributed by atoms with E-state index in [1.807, 2.05) is 32.9 Å². The molecule has 1 aromatic rings. The first kappa shape index (κ1) is 20.4. The average molecular weight is 405 g/mol. The number of hydrogen-bond acceptors (Lipinski definition) is 5. The van der Waals surface area contributed by atoms with Gasteiger partial charge in [-0.3, -0.25) is 4.90 Å². The Morgan fingerprint density at radius 1 is 1.14 bits per heavy atom. The van der Waals surface area contributed by atoms with Crippen LogP contribution in [0.3, 0.4) is 0 Å². The lowest BCUT2D eigenvalue weighted by molar-refractivity contribution is 0.0138. The van der Waals surface area contributed by atoms with Gasteiger partial charge in [0.25, 0.3) is 0 Å². The minimum Gasteiger partial charge on any atom is -0.444 e. The van der Waals surface area contributed by atoms with Crippen molar-refractivity contribution >= 4 is 11.8 Å². The van der Waals surface area contributed by atoms with Crippen LogP contribution in [0.15, 0.2) is 18.2 Å². The maximum absolute atomic E-state index is 14.6. The summed E-state index contributed by atoms with van der Waals surface area (Å²) in [4.78, 5) is 18.7. The summed E-state index contributed by atoms with van der Waals surface area (Å²) in [6, 6.07) is 6.61. The van der Waals surface area contributed by atoms with Gasteiger partial charge in [0.1, 0.15) is 11.4 Å². The number of amides is 1. The summed E-state index contributed by atoms with van der Waals surface area (Å²) >= 11 is 0. The summed E-state index contributed by atoms with van der Waals surface area (Å²) in [5, 5.41) is 3.50. The highest BCUT2D eigenvalue weighted by atomic mass is 19.1. The molecule has 2 unspecified atom stereocenters. The van der Waals surface area contributed by atoms with E-state index in [4.69, 9.17) is 4.74 Å². The topological polar surface area (TPSA) is 48.1 Å². The van der Waals surface area contributed by atoms with Gasteiger partial charge in [-0.15, -0.1) is 0 Å². The molecule has 6 nitrogen and oxygen atoms in total. The molecule has 0 radical (unpaired) electrons. The number of carbonyl (C=O) groups is 1. The van der Waals surface area contributed by atoms with Crippen LogP contribution in [0.4, 0.5) is 14.9 Å². The minimum absolute atomic E-state index is 0.147. The van der Waals surface area contributed by atoms with Gasteiger partial charge in [-0.1, -0.05) is 0 Å². The summed E-state index contributed by atoms with van der Waals surface area (Å²) in [5.41, 5.74) is 1.40. The molecule has 2 bridgehead atoms. The Morgan fingerprint density at radius 2 is 1.79 bits per heavy atom. The second-order valence-electron chi connectivity index (χ2n) is 9.47. The normalized spacial score (nSPS) is 25.4. The first-order valence-electron chi connectivity index (χ1n) is 10.8. The molecule has 3 aliphatic rings. The number of hydrogen-bond donors (Lipinski definition) is 1. The molecule has 3 fully saturated rings. The number of nitrogens with zero attached hydrogens (tertiary/aromatic N) is 3.